The lowest BCUT2D eigenvalue weighted by molar-refractivity contribution is 0.0796. The van der Waals surface area contributed by atoms with Crippen LogP contribution in [0.2, 0.25) is 0 Å². The van der Waals surface area contributed by atoms with Gasteiger partial charge >= 0.3 is 0 Å². The van der Waals surface area contributed by atoms with E-state index in [1.165, 1.54) is 5.56 Å². The van der Waals surface area contributed by atoms with E-state index in [1.54, 1.807) is 4.90 Å². The number of rotatable bonds is 6. The summed E-state index contributed by atoms with van der Waals surface area (Å²) in [5.41, 5.74) is 4.19. The molecule has 0 aliphatic heterocycles. The van der Waals surface area contributed by atoms with E-state index in [-0.39, 0.29) is 5.91 Å². The highest BCUT2D eigenvalue weighted by atomic mass is 16.2. The van der Waals surface area contributed by atoms with Crippen molar-refractivity contribution in [2.45, 2.75) is 20.4 Å². The minimum absolute atomic E-state index is 0.0858. The fourth-order valence-electron chi connectivity index (χ4n) is 2.61. The molecule has 1 amide bonds. The molecule has 4 nitrogen and oxygen atoms in total. The van der Waals surface area contributed by atoms with E-state index in [2.05, 4.69) is 28.9 Å². The van der Waals surface area contributed by atoms with Crippen LogP contribution in [0, 0.1) is 13.8 Å². The molecule has 2 rings (SSSR count). The number of aryl methyl sites for hydroxylation is 1. The molecular weight excluding hydrogens is 274 g/mol. The summed E-state index contributed by atoms with van der Waals surface area (Å²) in [7, 11) is 3.74. The van der Waals surface area contributed by atoms with Gasteiger partial charge in [0.15, 0.2) is 0 Å². The van der Waals surface area contributed by atoms with E-state index < -0.39 is 0 Å². The maximum absolute atomic E-state index is 12.6. The Kier molecular flexibility index (Phi) is 5.39. The summed E-state index contributed by atoms with van der Waals surface area (Å²) >= 11 is 0. The molecule has 0 radical (unpaired) electrons. The minimum Gasteiger partial charge on any atom is -0.344 e. The predicted octanol–water partition coefficient (Wildman–Crippen LogP) is 2.44. The molecular formula is C18H25N3O. The van der Waals surface area contributed by atoms with Crippen LogP contribution in [0.15, 0.2) is 36.4 Å². The number of aromatic nitrogens is 1. The number of carbonyl (C=O) groups excluding carboxylic acids is 1. The molecule has 0 unspecified atom stereocenters. The van der Waals surface area contributed by atoms with Crippen molar-refractivity contribution in [3.05, 3.63) is 58.9 Å². The molecule has 0 saturated heterocycles. The maximum atomic E-state index is 12.6. The number of amides is 1. The van der Waals surface area contributed by atoms with Gasteiger partial charge in [-0.3, -0.25) is 4.79 Å². The van der Waals surface area contributed by atoms with E-state index in [1.807, 2.05) is 45.3 Å². The summed E-state index contributed by atoms with van der Waals surface area (Å²) in [6, 6.07) is 12.3. The highest BCUT2D eigenvalue weighted by Crippen LogP contribution is 2.18. The average molecular weight is 299 g/mol. The number of nitrogens with one attached hydrogen (secondary N) is 1. The molecule has 118 valence electrons. The van der Waals surface area contributed by atoms with Gasteiger partial charge in [-0.1, -0.05) is 30.3 Å². The molecule has 1 N–H and O–H groups in total. The number of likely N-dealkylation sites (N-methyl/N-ethyl adjacent to an activating group) is 2. The number of carbonyl (C=O) groups is 1. The Balaban J connectivity index is 2.21. The van der Waals surface area contributed by atoms with Crippen LogP contribution in [-0.2, 0) is 6.54 Å². The quantitative estimate of drug-likeness (QED) is 0.889. The first kappa shape index (κ1) is 16.3. The Morgan fingerprint density at radius 2 is 1.91 bits per heavy atom. The van der Waals surface area contributed by atoms with Crippen LogP contribution >= 0.6 is 0 Å². The van der Waals surface area contributed by atoms with E-state index in [9.17, 15) is 4.79 Å². The third kappa shape index (κ3) is 3.57. The van der Waals surface area contributed by atoms with Crippen molar-refractivity contribution >= 4 is 5.91 Å². The summed E-state index contributed by atoms with van der Waals surface area (Å²) in [5, 5.41) is 3.07. The van der Waals surface area contributed by atoms with Crippen molar-refractivity contribution in [2.75, 3.05) is 27.2 Å². The normalized spacial score (nSPS) is 10.7. The second kappa shape index (κ2) is 7.27. The molecule has 0 saturated carbocycles. The lowest BCUT2D eigenvalue weighted by Crippen LogP contribution is -2.33. The van der Waals surface area contributed by atoms with Gasteiger partial charge in [-0.25, -0.2) is 0 Å². The molecule has 22 heavy (non-hydrogen) atoms. The summed E-state index contributed by atoms with van der Waals surface area (Å²) in [6.07, 6.45) is 0. The lowest BCUT2D eigenvalue weighted by Gasteiger charge is -2.17. The van der Waals surface area contributed by atoms with E-state index in [0.29, 0.717) is 6.54 Å². The highest BCUT2D eigenvalue weighted by molar-refractivity contribution is 5.95. The SMILES string of the molecule is CNCCN(C)C(=O)c1cc(C)n(Cc2ccccc2)c1C. The van der Waals surface area contributed by atoms with Crippen LogP contribution in [-0.4, -0.2) is 42.6 Å². The zero-order chi connectivity index (χ0) is 16.1. The second-order valence-electron chi connectivity index (χ2n) is 5.69. The Labute approximate surface area is 132 Å². The van der Waals surface area contributed by atoms with Crippen LogP contribution in [0.25, 0.3) is 0 Å². The maximum Gasteiger partial charge on any atom is 0.255 e. The van der Waals surface area contributed by atoms with Gasteiger partial charge in [0.25, 0.3) is 5.91 Å². The van der Waals surface area contributed by atoms with Crippen LogP contribution in [0.3, 0.4) is 0 Å². The van der Waals surface area contributed by atoms with E-state index in [0.717, 1.165) is 30.0 Å². The summed E-state index contributed by atoms with van der Waals surface area (Å²) < 4.78 is 2.20. The molecule has 4 heteroatoms. The smallest absolute Gasteiger partial charge is 0.255 e. The van der Waals surface area contributed by atoms with Gasteiger partial charge in [0.05, 0.1) is 5.56 Å². The van der Waals surface area contributed by atoms with Crippen molar-refractivity contribution in [1.82, 2.24) is 14.8 Å². The zero-order valence-corrected chi connectivity index (χ0v) is 13.9. The standard InChI is InChI=1S/C18H25N3O/c1-14-12-17(18(22)20(4)11-10-19-3)15(2)21(14)13-16-8-6-5-7-9-16/h5-9,12,19H,10-11,13H2,1-4H3. The van der Waals surface area contributed by atoms with Crippen LogP contribution in [0.5, 0.6) is 0 Å². The Bertz CT molecular complexity index is 631. The highest BCUT2D eigenvalue weighted by Gasteiger charge is 2.18. The molecule has 0 aliphatic rings. The molecule has 1 aromatic heterocycles. The molecule has 1 heterocycles. The fraction of sp³-hybridized carbons (Fsp3) is 0.389. The average Bonchev–Trinajstić information content (AvgIpc) is 2.81. The third-order valence-electron chi connectivity index (χ3n) is 4.03. The number of nitrogens with zero attached hydrogens (tertiary/aromatic N) is 2. The Morgan fingerprint density at radius 1 is 1.23 bits per heavy atom. The Hall–Kier alpha value is -2.07. The molecule has 0 bridgehead atoms. The predicted molar refractivity (Wildman–Crippen MR) is 90.3 cm³/mol. The zero-order valence-electron chi connectivity index (χ0n) is 13.9. The first-order valence-electron chi connectivity index (χ1n) is 7.65. The van der Waals surface area contributed by atoms with Crippen molar-refractivity contribution in [1.29, 1.82) is 0 Å². The number of hydrogen-bond donors (Lipinski definition) is 1. The molecule has 0 spiro atoms. The van der Waals surface area contributed by atoms with Gasteiger partial charge in [0.2, 0.25) is 0 Å². The van der Waals surface area contributed by atoms with Gasteiger partial charge in [-0.2, -0.15) is 0 Å². The molecule has 0 atom stereocenters. The second-order valence-corrected chi connectivity index (χ2v) is 5.69. The first-order chi connectivity index (χ1) is 10.5. The van der Waals surface area contributed by atoms with E-state index >= 15 is 0 Å². The van der Waals surface area contributed by atoms with Gasteiger partial charge < -0.3 is 14.8 Å². The lowest BCUT2D eigenvalue weighted by atomic mass is 10.2. The minimum atomic E-state index is 0.0858. The fourth-order valence-corrected chi connectivity index (χ4v) is 2.61. The third-order valence-corrected chi connectivity index (χ3v) is 4.03. The molecule has 2 aromatic rings. The van der Waals surface area contributed by atoms with Crippen molar-refractivity contribution in [2.24, 2.45) is 0 Å². The monoisotopic (exact) mass is 299 g/mol. The summed E-state index contributed by atoms with van der Waals surface area (Å²) in [4.78, 5) is 14.3. The van der Waals surface area contributed by atoms with Crippen molar-refractivity contribution in [3.8, 4) is 0 Å². The molecule has 0 aliphatic carbocycles. The summed E-state index contributed by atoms with van der Waals surface area (Å²) in [5.74, 6) is 0.0858. The van der Waals surface area contributed by atoms with Crippen molar-refractivity contribution < 1.29 is 4.79 Å². The van der Waals surface area contributed by atoms with Crippen LogP contribution < -0.4 is 5.32 Å². The van der Waals surface area contributed by atoms with Crippen LogP contribution in [0.1, 0.15) is 27.3 Å². The molecule has 0 fully saturated rings. The van der Waals surface area contributed by atoms with Gasteiger partial charge in [-0.05, 0) is 32.5 Å². The number of hydrogen-bond acceptors (Lipinski definition) is 2. The van der Waals surface area contributed by atoms with E-state index in [4.69, 9.17) is 0 Å². The molecule has 1 aromatic carbocycles. The van der Waals surface area contributed by atoms with Gasteiger partial charge in [0, 0.05) is 38.1 Å². The van der Waals surface area contributed by atoms with Gasteiger partial charge in [-0.15, -0.1) is 0 Å². The topological polar surface area (TPSA) is 37.3 Å². The largest absolute Gasteiger partial charge is 0.344 e. The first-order valence-corrected chi connectivity index (χ1v) is 7.65. The van der Waals surface area contributed by atoms with Gasteiger partial charge in [0.1, 0.15) is 0 Å². The van der Waals surface area contributed by atoms with Crippen molar-refractivity contribution in [3.63, 3.8) is 0 Å². The van der Waals surface area contributed by atoms with Crippen LogP contribution in [0.4, 0.5) is 0 Å². The summed E-state index contributed by atoms with van der Waals surface area (Å²) in [6.45, 7) is 6.38. The Morgan fingerprint density at radius 3 is 2.55 bits per heavy atom. The number of benzene rings is 1.